The van der Waals surface area contributed by atoms with E-state index in [9.17, 15) is 5.11 Å². The maximum absolute atomic E-state index is 10.7. The second-order valence-corrected chi connectivity index (χ2v) is 6.50. The van der Waals surface area contributed by atoms with Gasteiger partial charge in [-0.2, -0.15) is 5.10 Å². The first-order chi connectivity index (χ1) is 12.6. The summed E-state index contributed by atoms with van der Waals surface area (Å²) in [6.07, 6.45) is 1.03. The molecule has 1 aliphatic rings. The van der Waals surface area contributed by atoms with Crippen molar-refractivity contribution in [2.45, 2.75) is 25.9 Å². The standard InChI is InChI=1S/C17H24N4O4S/c1-23-7-6-20-10-18-21(17(20)26)11-19-8-12-14(24-2)4-5-15(25-3)16(12)13(22)9-19/h4-5,10,13,22H,6-9,11H2,1-3H3. The fourth-order valence-electron chi connectivity index (χ4n) is 3.25. The number of fused-ring (bicyclic) bond motifs is 1. The Balaban J connectivity index is 1.83. The largest absolute Gasteiger partial charge is 0.496 e. The third-order valence-electron chi connectivity index (χ3n) is 4.53. The summed E-state index contributed by atoms with van der Waals surface area (Å²) in [5.41, 5.74) is 1.72. The molecule has 0 bridgehead atoms. The minimum absolute atomic E-state index is 0.462. The number of rotatable bonds is 7. The Hall–Kier alpha value is -1.94. The molecule has 2 heterocycles. The predicted molar refractivity (Wildman–Crippen MR) is 97.8 cm³/mol. The van der Waals surface area contributed by atoms with Crippen LogP contribution in [0.15, 0.2) is 18.5 Å². The second kappa shape index (κ2) is 8.17. The monoisotopic (exact) mass is 380 g/mol. The fourth-order valence-corrected chi connectivity index (χ4v) is 3.50. The molecule has 1 aromatic carbocycles. The Morgan fingerprint density at radius 2 is 1.96 bits per heavy atom. The van der Waals surface area contributed by atoms with E-state index in [1.807, 2.05) is 16.7 Å². The molecular weight excluding hydrogens is 356 g/mol. The fraction of sp³-hybridized carbons (Fsp3) is 0.529. The first-order valence-electron chi connectivity index (χ1n) is 8.34. The van der Waals surface area contributed by atoms with Crippen LogP contribution in [0, 0.1) is 4.77 Å². The van der Waals surface area contributed by atoms with Gasteiger partial charge in [0.15, 0.2) is 4.77 Å². The molecule has 0 radical (unpaired) electrons. The molecule has 3 rings (SSSR count). The summed E-state index contributed by atoms with van der Waals surface area (Å²) in [5, 5.41) is 15.0. The van der Waals surface area contributed by atoms with Gasteiger partial charge in [0.1, 0.15) is 17.8 Å². The van der Waals surface area contributed by atoms with E-state index in [0.717, 1.165) is 16.9 Å². The van der Waals surface area contributed by atoms with Crippen LogP contribution in [0.4, 0.5) is 0 Å². The Morgan fingerprint density at radius 3 is 2.65 bits per heavy atom. The van der Waals surface area contributed by atoms with E-state index in [0.29, 0.717) is 43.4 Å². The van der Waals surface area contributed by atoms with Gasteiger partial charge in [-0.3, -0.25) is 4.90 Å². The number of ether oxygens (including phenoxy) is 3. The molecule has 8 nitrogen and oxygen atoms in total. The van der Waals surface area contributed by atoms with Crippen molar-refractivity contribution in [3.63, 3.8) is 0 Å². The highest BCUT2D eigenvalue weighted by Crippen LogP contribution is 2.39. The zero-order chi connectivity index (χ0) is 18.7. The van der Waals surface area contributed by atoms with Gasteiger partial charge in [0, 0.05) is 37.9 Å². The van der Waals surface area contributed by atoms with E-state index in [4.69, 9.17) is 26.4 Å². The van der Waals surface area contributed by atoms with Gasteiger partial charge in [-0.15, -0.1) is 0 Å². The Kier molecular flexibility index (Phi) is 5.92. The number of aliphatic hydroxyl groups is 1. The number of aliphatic hydroxyl groups excluding tert-OH is 1. The predicted octanol–water partition coefficient (Wildman–Crippen LogP) is 1.58. The van der Waals surface area contributed by atoms with Gasteiger partial charge in [-0.05, 0) is 24.4 Å². The van der Waals surface area contributed by atoms with Crippen molar-refractivity contribution >= 4 is 12.2 Å². The molecule has 1 aromatic heterocycles. The van der Waals surface area contributed by atoms with Crippen molar-refractivity contribution in [1.29, 1.82) is 0 Å². The Bertz CT molecular complexity index is 820. The number of hydrogen-bond acceptors (Lipinski definition) is 7. The minimum atomic E-state index is -0.673. The zero-order valence-electron chi connectivity index (χ0n) is 15.2. The van der Waals surface area contributed by atoms with Crippen LogP contribution in [0.2, 0.25) is 0 Å². The molecule has 26 heavy (non-hydrogen) atoms. The van der Waals surface area contributed by atoms with Gasteiger partial charge < -0.3 is 23.9 Å². The number of β-amino-alcohol motifs (C(OH)–C–C–N with tert-alkyl or cyclic N) is 1. The van der Waals surface area contributed by atoms with Crippen molar-refractivity contribution in [2.75, 3.05) is 34.5 Å². The van der Waals surface area contributed by atoms with Crippen molar-refractivity contribution in [1.82, 2.24) is 19.2 Å². The SMILES string of the molecule is COCCn1cnn(CN2Cc3c(OC)ccc(OC)c3C(O)C2)c1=S. The van der Waals surface area contributed by atoms with Crippen molar-refractivity contribution in [3.8, 4) is 11.5 Å². The Morgan fingerprint density at radius 1 is 1.23 bits per heavy atom. The van der Waals surface area contributed by atoms with Gasteiger partial charge in [-0.1, -0.05) is 0 Å². The van der Waals surface area contributed by atoms with Crippen LogP contribution in [-0.2, 0) is 24.5 Å². The maximum Gasteiger partial charge on any atom is 0.198 e. The lowest BCUT2D eigenvalue weighted by Gasteiger charge is -2.33. The lowest BCUT2D eigenvalue weighted by molar-refractivity contribution is 0.0668. The van der Waals surface area contributed by atoms with Gasteiger partial charge in [0.05, 0.1) is 33.6 Å². The summed E-state index contributed by atoms with van der Waals surface area (Å²) in [6.45, 7) is 2.79. The van der Waals surface area contributed by atoms with Crippen molar-refractivity contribution < 1.29 is 19.3 Å². The topological polar surface area (TPSA) is 73.9 Å². The van der Waals surface area contributed by atoms with Crippen LogP contribution in [0.5, 0.6) is 11.5 Å². The van der Waals surface area contributed by atoms with E-state index in [2.05, 4.69) is 10.00 Å². The maximum atomic E-state index is 10.7. The summed E-state index contributed by atoms with van der Waals surface area (Å²) in [5.74, 6) is 1.41. The third-order valence-corrected chi connectivity index (χ3v) is 4.97. The highest BCUT2D eigenvalue weighted by Gasteiger charge is 2.30. The number of methoxy groups -OCH3 is 3. The highest BCUT2D eigenvalue weighted by molar-refractivity contribution is 7.71. The van der Waals surface area contributed by atoms with Crippen molar-refractivity contribution in [3.05, 3.63) is 34.4 Å². The van der Waals surface area contributed by atoms with E-state index < -0.39 is 6.10 Å². The molecule has 2 aromatic rings. The van der Waals surface area contributed by atoms with Gasteiger partial charge in [0.2, 0.25) is 0 Å². The molecule has 0 spiro atoms. The molecule has 0 saturated heterocycles. The minimum Gasteiger partial charge on any atom is -0.496 e. The molecule has 0 aliphatic carbocycles. The normalized spacial score (nSPS) is 17.2. The van der Waals surface area contributed by atoms with Crippen LogP contribution in [0.3, 0.4) is 0 Å². The lowest BCUT2D eigenvalue weighted by atomic mass is 9.95. The molecule has 0 fully saturated rings. The molecule has 1 N–H and O–H groups in total. The summed E-state index contributed by atoms with van der Waals surface area (Å²) in [6, 6.07) is 3.68. The number of aromatic nitrogens is 3. The highest BCUT2D eigenvalue weighted by atomic mass is 32.1. The van der Waals surface area contributed by atoms with Gasteiger partial charge in [-0.25, -0.2) is 4.68 Å². The first-order valence-corrected chi connectivity index (χ1v) is 8.75. The lowest BCUT2D eigenvalue weighted by Crippen LogP contribution is -2.36. The third kappa shape index (κ3) is 3.61. The van der Waals surface area contributed by atoms with Crippen LogP contribution >= 0.6 is 12.2 Å². The molecule has 1 aliphatic heterocycles. The second-order valence-electron chi connectivity index (χ2n) is 6.13. The smallest absolute Gasteiger partial charge is 0.198 e. The molecular formula is C17H24N4O4S. The molecule has 0 saturated carbocycles. The van der Waals surface area contributed by atoms with Gasteiger partial charge in [0.25, 0.3) is 0 Å². The average Bonchev–Trinajstić information content (AvgIpc) is 2.98. The van der Waals surface area contributed by atoms with Crippen molar-refractivity contribution in [2.24, 2.45) is 0 Å². The van der Waals surface area contributed by atoms with Crippen LogP contribution in [0.25, 0.3) is 0 Å². The molecule has 142 valence electrons. The first kappa shape index (κ1) is 18.8. The van der Waals surface area contributed by atoms with E-state index >= 15 is 0 Å². The van der Waals surface area contributed by atoms with Crippen LogP contribution in [-0.4, -0.2) is 58.8 Å². The summed E-state index contributed by atoms with van der Waals surface area (Å²) in [7, 11) is 4.89. The average molecular weight is 380 g/mol. The Labute approximate surface area is 157 Å². The summed E-state index contributed by atoms with van der Waals surface area (Å²) < 4.78 is 20.2. The van der Waals surface area contributed by atoms with E-state index in [1.54, 1.807) is 32.3 Å². The van der Waals surface area contributed by atoms with Crippen LogP contribution in [0.1, 0.15) is 17.2 Å². The molecule has 1 atom stereocenters. The number of benzene rings is 1. The number of nitrogens with zero attached hydrogens (tertiary/aromatic N) is 4. The van der Waals surface area contributed by atoms with Gasteiger partial charge >= 0.3 is 0 Å². The van der Waals surface area contributed by atoms with E-state index in [-0.39, 0.29) is 0 Å². The summed E-state index contributed by atoms with van der Waals surface area (Å²) >= 11 is 5.48. The molecule has 1 unspecified atom stereocenters. The molecule has 0 amide bonds. The molecule has 9 heteroatoms. The zero-order valence-corrected chi connectivity index (χ0v) is 16.0. The van der Waals surface area contributed by atoms with Crippen LogP contribution < -0.4 is 9.47 Å². The van der Waals surface area contributed by atoms with E-state index in [1.165, 1.54) is 0 Å². The quantitative estimate of drug-likeness (QED) is 0.731. The number of hydrogen-bond donors (Lipinski definition) is 1. The summed E-state index contributed by atoms with van der Waals surface area (Å²) in [4.78, 5) is 2.08.